The molecule has 2 N–H and O–H groups in total. The number of amides is 2. The predicted octanol–water partition coefficient (Wildman–Crippen LogP) is 4.19. The molecule has 7 nitrogen and oxygen atoms in total. The van der Waals surface area contributed by atoms with Gasteiger partial charge in [0.05, 0.1) is 12.4 Å². The molecule has 1 aromatic carbocycles. The molecule has 1 heterocycles. The van der Waals surface area contributed by atoms with Crippen molar-refractivity contribution in [2.24, 2.45) is 5.92 Å². The first kappa shape index (κ1) is 20.6. The third-order valence-corrected chi connectivity index (χ3v) is 6.36. The molecule has 150 valence electrons. The van der Waals surface area contributed by atoms with Gasteiger partial charge in [0.25, 0.3) is 0 Å². The van der Waals surface area contributed by atoms with Gasteiger partial charge in [0.15, 0.2) is 4.34 Å². The molecule has 2 amide bonds. The maximum Gasteiger partial charge on any atom is 0.234 e. The van der Waals surface area contributed by atoms with Crippen LogP contribution in [0.4, 0.5) is 10.8 Å². The van der Waals surface area contributed by atoms with Gasteiger partial charge in [-0.2, -0.15) is 0 Å². The van der Waals surface area contributed by atoms with E-state index < -0.39 is 0 Å². The molecule has 0 spiro atoms. The SMILES string of the molecule is CCOc1ccc(NC(=O)CSc2nnc(NC(=O)C3CCCCC3)s2)cc1. The van der Waals surface area contributed by atoms with E-state index in [9.17, 15) is 9.59 Å². The number of hydrogen-bond acceptors (Lipinski definition) is 7. The molecule has 1 aromatic heterocycles. The normalized spacial score (nSPS) is 14.5. The average Bonchev–Trinajstić information content (AvgIpc) is 3.16. The van der Waals surface area contributed by atoms with E-state index in [0.717, 1.165) is 31.4 Å². The Kier molecular flexibility index (Phi) is 7.67. The molecule has 9 heteroatoms. The van der Waals surface area contributed by atoms with E-state index in [1.54, 1.807) is 12.1 Å². The van der Waals surface area contributed by atoms with Crippen molar-refractivity contribution in [3.05, 3.63) is 24.3 Å². The van der Waals surface area contributed by atoms with Gasteiger partial charge >= 0.3 is 0 Å². The number of carbonyl (C=O) groups is 2. The van der Waals surface area contributed by atoms with Crippen molar-refractivity contribution in [2.75, 3.05) is 23.0 Å². The van der Waals surface area contributed by atoms with Crippen LogP contribution in [0.5, 0.6) is 5.75 Å². The number of thioether (sulfide) groups is 1. The van der Waals surface area contributed by atoms with E-state index >= 15 is 0 Å². The fourth-order valence-corrected chi connectivity index (χ4v) is 4.57. The molecule has 0 atom stereocenters. The largest absolute Gasteiger partial charge is 0.494 e. The first-order chi connectivity index (χ1) is 13.6. The molecule has 1 aliphatic rings. The summed E-state index contributed by atoms with van der Waals surface area (Å²) in [6, 6.07) is 7.24. The first-order valence-corrected chi connectivity index (χ1v) is 11.2. The second-order valence-electron chi connectivity index (χ2n) is 6.49. The monoisotopic (exact) mass is 420 g/mol. The lowest BCUT2D eigenvalue weighted by Gasteiger charge is -2.19. The summed E-state index contributed by atoms with van der Waals surface area (Å²) in [4.78, 5) is 24.4. The van der Waals surface area contributed by atoms with Gasteiger partial charge in [0.2, 0.25) is 16.9 Å². The lowest BCUT2D eigenvalue weighted by atomic mass is 9.89. The summed E-state index contributed by atoms with van der Waals surface area (Å²) >= 11 is 2.59. The van der Waals surface area contributed by atoms with E-state index in [1.807, 2.05) is 19.1 Å². The molecule has 0 bridgehead atoms. The minimum absolute atomic E-state index is 0.0284. The molecule has 1 fully saturated rings. The van der Waals surface area contributed by atoms with Crippen molar-refractivity contribution in [3.63, 3.8) is 0 Å². The van der Waals surface area contributed by atoms with Crippen LogP contribution in [0.25, 0.3) is 0 Å². The second-order valence-corrected chi connectivity index (χ2v) is 8.69. The van der Waals surface area contributed by atoms with E-state index in [4.69, 9.17) is 4.74 Å². The minimum Gasteiger partial charge on any atom is -0.494 e. The highest BCUT2D eigenvalue weighted by molar-refractivity contribution is 8.01. The van der Waals surface area contributed by atoms with Crippen molar-refractivity contribution in [1.82, 2.24) is 10.2 Å². The van der Waals surface area contributed by atoms with Gasteiger partial charge in [-0.1, -0.05) is 42.4 Å². The van der Waals surface area contributed by atoms with Crippen LogP contribution in [0.15, 0.2) is 28.6 Å². The number of rotatable bonds is 8. The van der Waals surface area contributed by atoms with Crippen LogP contribution in [0.1, 0.15) is 39.0 Å². The van der Waals surface area contributed by atoms with E-state index in [0.29, 0.717) is 21.8 Å². The molecule has 28 heavy (non-hydrogen) atoms. The van der Waals surface area contributed by atoms with Crippen LogP contribution in [0, 0.1) is 5.92 Å². The van der Waals surface area contributed by atoms with Crippen LogP contribution in [-0.2, 0) is 9.59 Å². The summed E-state index contributed by atoms with van der Waals surface area (Å²) in [6.07, 6.45) is 5.32. The Balaban J connectivity index is 1.43. The van der Waals surface area contributed by atoms with Gasteiger partial charge in [0.1, 0.15) is 5.75 Å². The third-order valence-electron chi connectivity index (χ3n) is 4.39. The molecule has 1 aliphatic carbocycles. The van der Waals surface area contributed by atoms with Gasteiger partial charge in [-0.25, -0.2) is 0 Å². The third kappa shape index (κ3) is 6.20. The number of carbonyl (C=O) groups excluding carboxylic acids is 2. The van der Waals surface area contributed by atoms with Crippen LogP contribution in [0.2, 0.25) is 0 Å². The van der Waals surface area contributed by atoms with Gasteiger partial charge in [-0.05, 0) is 44.0 Å². The number of aromatic nitrogens is 2. The standard InChI is InChI=1S/C19H24N4O3S2/c1-2-26-15-10-8-14(9-11-15)20-16(24)12-27-19-23-22-18(28-19)21-17(25)13-6-4-3-5-7-13/h8-11,13H,2-7,12H2,1H3,(H,20,24)(H,21,22,25). The Labute approximate surface area is 172 Å². The molecule has 0 radical (unpaired) electrons. The van der Waals surface area contributed by atoms with Crippen molar-refractivity contribution in [2.45, 2.75) is 43.4 Å². The molecule has 3 rings (SSSR count). The van der Waals surface area contributed by atoms with Gasteiger partial charge < -0.3 is 15.4 Å². The lowest BCUT2D eigenvalue weighted by Crippen LogP contribution is -2.24. The zero-order valence-electron chi connectivity index (χ0n) is 15.8. The predicted molar refractivity (Wildman–Crippen MR) is 112 cm³/mol. The van der Waals surface area contributed by atoms with E-state index in [2.05, 4.69) is 20.8 Å². The summed E-state index contributed by atoms with van der Waals surface area (Å²) in [5.74, 6) is 0.969. The smallest absolute Gasteiger partial charge is 0.234 e. The molecule has 0 unspecified atom stereocenters. The zero-order valence-corrected chi connectivity index (χ0v) is 17.4. The number of anilines is 2. The maximum absolute atomic E-state index is 12.3. The Bertz CT molecular complexity index is 789. The average molecular weight is 421 g/mol. The van der Waals surface area contributed by atoms with Gasteiger partial charge in [-0.15, -0.1) is 10.2 Å². The lowest BCUT2D eigenvalue weighted by molar-refractivity contribution is -0.120. The van der Waals surface area contributed by atoms with Crippen LogP contribution >= 0.6 is 23.1 Å². The number of benzene rings is 1. The Morgan fingerprint density at radius 2 is 1.89 bits per heavy atom. The maximum atomic E-state index is 12.3. The first-order valence-electron chi connectivity index (χ1n) is 9.44. The van der Waals surface area contributed by atoms with Crippen molar-refractivity contribution in [3.8, 4) is 5.75 Å². The number of nitrogens with one attached hydrogen (secondary N) is 2. The molecule has 0 saturated heterocycles. The van der Waals surface area contributed by atoms with Crippen molar-refractivity contribution < 1.29 is 14.3 Å². The number of hydrogen-bond donors (Lipinski definition) is 2. The summed E-state index contributed by atoms with van der Waals surface area (Å²) in [7, 11) is 0. The molecule has 0 aliphatic heterocycles. The van der Waals surface area contributed by atoms with Crippen molar-refractivity contribution in [1.29, 1.82) is 0 Å². The number of nitrogens with zero attached hydrogens (tertiary/aromatic N) is 2. The van der Waals surface area contributed by atoms with Gasteiger partial charge in [0, 0.05) is 11.6 Å². The summed E-state index contributed by atoms with van der Waals surface area (Å²) in [5.41, 5.74) is 0.715. The van der Waals surface area contributed by atoms with Crippen LogP contribution in [-0.4, -0.2) is 34.4 Å². The minimum atomic E-state index is -0.128. The molecule has 2 aromatic rings. The van der Waals surface area contributed by atoms with E-state index in [-0.39, 0.29) is 23.5 Å². The summed E-state index contributed by atoms with van der Waals surface area (Å²) < 4.78 is 6.03. The highest BCUT2D eigenvalue weighted by atomic mass is 32.2. The topological polar surface area (TPSA) is 93.2 Å². The fraction of sp³-hybridized carbons (Fsp3) is 0.474. The van der Waals surface area contributed by atoms with Gasteiger partial charge in [-0.3, -0.25) is 9.59 Å². The Morgan fingerprint density at radius 3 is 2.61 bits per heavy atom. The second kappa shape index (κ2) is 10.4. The summed E-state index contributed by atoms with van der Waals surface area (Å²) in [5, 5.41) is 14.2. The molecule has 1 saturated carbocycles. The highest BCUT2D eigenvalue weighted by Crippen LogP contribution is 2.28. The Hall–Kier alpha value is -2.13. The quantitative estimate of drug-likeness (QED) is 0.491. The molecular formula is C19H24N4O3S2. The summed E-state index contributed by atoms with van der Waals surface area (Å²) in [6.45, 7) is 2.53. The Morgan fingerprint density at radius 1 is 1.14 bits per heavy atom. The fourth-order valence-electron chi connectivity index (χ4n) is 3.02. The van der Waals surface area contributed by atoms with Crippen molar-refractivity contribution >= 4 is 45.7 Å². The van der Waals surface area contributed by atoms with E-state index in [1.165, 1.54) is 29.5 Å². The highest BCUT2D eigenvalue weighted by Gasteiger charge is 2.22. The number of ether oxygens (including phenoxy) is 1. The molecular weight excluding hydrogens is 396 g/mol. The van der Waals surface area contributed by atoms with Crippen LogP contribution < -0.4 is 15.4 Å². The van der Waals surface area contributed by atoms with Crippen LogP contribution in [0.3, 0.4) is 0 Å². The zero-order chi connectivity index (χ0) is 19.8.